The standard InChI is InChI=1S/C11H18N2O5S/c1-3-13(5-6-18-4-2)19(16,17)9-7-10(11(14)15)12-8-9/h7-8,12H,3-6H2,1-2H3,(H,14,15). The topological polar surface area (TPSA) is 99.7 Å². The Hall–Kier alpha value is -1.38. The van der Waals surface area contributed by atoms with Crippen molar-refractivity contribution in [2.45, 2.75) is 18.7 Å². The van der Waals surface area contributed by atoms with Crippen molar-refractivity contribution in [3.63, 3.8) is 0 Å². The lowest BCUT2D eigenvalue weighted by Gasteiger charge is -2.19. The number of nitrogens with one attached hydrogen (secondary N) is 1. The summed E-state index contributed by atoms with van der Waals surface area (Å²) in [5.41, 5.74) is -0.153. The first kappa shape index (κ1) is 15.7. The van der Waals surface area contributed by atoms with Gasteiger partial charge in [0.2, 0.25) is 10.0 Å². The number of carboxylic acids is 1. The molecule has 8 heteroatoms. The van der Waals surface area contributed by atoms with E-state index in [9.17, 15) is 13.2 Å². The van der Waals surface area contributed by atoms with Crippen molar-refractivity contribution in [3.8, 4) is 0 Å². The Balaban J connectivity index is 2.89. The van der Waals surface area contributed by atoms with E-state index in [1.807, 2.05) is 6.92 Å². The normalized spacial score (nSPS) is 11.9. The molecule has 0 saturated carbocycles. The summed E-state index contributed by atoms with van der Waals surface area (Å²) < 4.78 is 30.9. The molecular weight excluding hydrogens is 272 g/mol. The number of carbonyl (C=O) groups is 1. The van der Waals surface area contributed by atoms with Crippen molar-refractivity contribution in [3.05, 3.63) is 18.0 Å². The molecule has 0 aromatic carbocycles. The second-order valence-corrected chi connectivity index (χ2v) is 5.69. The van der Waals surface area contributed by atoms with E-state index < -0.39 is 16.0 Å². The Labute approximate surface area is 112 Å². The highest BCUT2D eigenvalue weighted by Crippen LogP contribution is 2.16. The SMILES string of the molecule is CCOCCN(CC)S(=O)(=O)c1c[nH]c(C(=O)O)c1. The molecule has 0 unspecified atom stereocenters. The van der Waals surface area contributed by atoms with Gasteiger partial charge in [0.15, 0.2) is 0 Å². The number of likely N-dealkylation sites (N-methyl/N-ethyl adjacent to an activating group) is 1. The zero-order chi connectivity index (χ0) is 14.5. The number of aromatic amines is 1. The zero-order valence-corrected chi connectivity index (χ0v) is 11.7. The van der Waals surface area contributed by atoms with Crippen LogP contribution in [0.3, 0.4) is 0 Å². The van der Waals surface area contributed by atoms with Gasteiger partial charge < -0.3 is 14.8 Å². The van der Waals surface area contributed by atoms with Crippen LogP contribution in [0.25, 0.3) is 0 Å². The van der Waals surface area contributed by atoms with E-state index in [4.69, 9.17) is 9.84 Å². The van der Waals surface area contributed by atoms with Gasteiger partial charge in [-0.25, -0.2) is 13.2 Å². The fraction of sp³-hybridized carbons (Fsp3) is 0.545. The molecule has 0 fully saturated rings. The third-order valence-electron chi connectivity index (χ3n) is 2.57. The number of carboxylic acid groups (broad SMARTS) is 1. The number of rotatable bonds is 8. The first-order valence-electron chi connectivity index (χ1n) is 5.93. The zero-order valence-electron chi connectivity index (χ0n) is 10.9. The van der Waals surface area contributed by atoms with Gasteiger partial charge in [-0.15, -0.1) is 0 Å². The van der Waals surface area contributed by atoms with Crippen LogP contribution in [0, 0.1) is 0 Å². The average Bonchev–Trinajstić information content (AvgIpc) is 2.84. The van der Waals surface area contributed by atoms with Gasteiger partial charge in [0, 0.05) is 25.9 Å². The number of aromatic nitrogens is 1. The smallest absolute Gasteiger partial charge is 0.352 e. The molecule has 2 N–H and O–H groups in total. The second-order valence-electron chi connectivity index (χ2n) is 3.75. The summed E-state index contributed by atoms with van der Waals surface area (Å²) in [6.07, 6.45) is 1.18. The molecule has 1 aromatic heterocycles. The van der Waals surface area contributed by atoms with E-state index in [0.717, 1.165) is 6.07 Å². The summed E-state index contributed by atoms with van der Waals surface area (Å²) in [5.74, 6) is -1.20. The fourth-order valence-corrected chi connectivity index (χ4v) is 2.98. The Bertz CT molecular complexity index is 523. The average molecular weight is 290 g/mol. The molecule has 0 aliphatic heterocycles. The van der Waals surface area contributed by atoms with Crippen molar-refractivity contribution in [2.24, 2.45) is 0 Å². The molecule has 19 heavy (non-hydrogen) atoms. The van der Waals surface area contributed by atoms with E-state index in [1.54, 1.807) is 6.92 Å². The van der Waals surface area contributed by atoms with Crippen LogP contribution in [0.4, 0.5) is 0 Å². The summed E-state index contributed by atoms with van der Waals surface area (Å²) in [4.78, 5) is 13.1. The predicted octanol–water partition coefficient (Wildman–Crippen LogP) is 0.760. The third-order valence-corrected chi connectivity index (χ3v) is 4.52. The molecule has 0 aliphatic rings. The van der Waals surface area contributed by atoms with Gasteiger partial charge in [-0.3, -0.25) is 0 Å². The summed E-state index contributed by atoms with van der Waals surface area (Å²) in [5, 5.41) is 8.77. The van der Waals surface area contributed by atoms with Gasteiger partial charge in [-0.1, -0.05) is 6.92 Å². The molecule has 0 radical (unpaired) electrons. The molecule has 0 bridgehead atoms. The first-order chi connectivity index (χ1) is 8.93. The molecular formula is C11H18N2O5S. The summed E-state index contributed by atoms with van der Waals surface area (Å²) in [6.45, 7) is 4.90. The van der Waals surface area contributed by atoms with Gasteiger partial charge in [0.1, 0.15) is 10.6 Å². The van der Waals surface area contributed by atoms with E-state index in [0.29, 0.717) is 19.8 Å². The molecule has 1 rings (SSSR count). The van der Waals surface area contributed by atoms with Crippen LogP contribution < -0.4 is 0 Å². The maximum Gasteiger partial charge on any atom is 0.352 e. The minimum atomic E-state index is -3.69. The largest absolute Gasteiger partial charge is 0.477 e. The van der Waals surface area contributed by atoms with Crippen LogP contribution in [0.15, 0.2) is 17.2 Å². The lowest BCUT2D eigenvalue weighted by Crippen LogP contribution is -2.33. The van der Waals surface area contributed by atoms with Crippen molar-refractivity contribution < 1.29 is 23.1 Å². The minimum absolute atomic E-state index is 0.0525. The number of ether oxygens (including phenoxy) is 1. The molecule has 1 aromatic rings. The van der Waals surface area contributed by atoms with Crippen LogP contribution in [-0.2, 0) is 14.8 Å². The minimum Gasteiger partial charge on any atom is -0.477 e. The molecule has 0 aliphatic carbocycles. The van der Waals surface area contributed by atoms with E-state index in [1.165, 1.54) is 10.5 Å². The highest BCUT2D eigenvalue weighted by molar-refractivity contribution is 7.89. The van der Waals surface area contributed by atoms with Gasteiger partial charge in [0.25, 0.3) is 0 Å². The maximum atomic E-state index is 12.3. The summed E-state index contributed by atoms with van der Waals surface area (Å²) >= 11 is 0. The highest BCUT2D eigenvalue weighted by Gasteiger charge is 2.24. The van der Waals surface area contributed by atoms with Crippen LogP contribution in [0.2, 0.25) is 0 Å². The van der Waals surface area contributed by atoms with Crippen LogP contribution in [-0.4, -0.2) is 55.1 Å². The van der Waals surface area contributed by atoms with Gasteiger partial charge in [-0.2, -0.15) is 4.31 Å². The second kappa shape index (κ2) is 6.69. The Morgan fingerprint density at radius 1 is 1.47 bits per heavy atom. The van der Waals surface area contributed by atoms with Crippen LogP contribution in [0.1, 0.15) is 24.3 Å². The number of hydrogen-bond acceptors (Lipinski definition) is 4. The first-order valence-corrected chi connectivity index (χ1v) is 7.37. The number of aromatic carboxylic acids is 1. The molecule has 0 amide bonds. The summed E-state index contributed by atoms with van der Waals surface area (Å²) in [7, 11) is -3.69. The fourth-order valence-electron chi connectivity index (χ4n) is 1.55. The third kappa shape index (κ3) is 3.79. The Kier molecular flexibility index (Phi) is 5.52. The van der Waals surface area contributed by atoms with E-state index in [-0.39, 0.29) is 17.1 Å². The Morgan fingerprint density at radius 2 is 2.16 bits per heavy atom. The van der Waals surface area contributed by atoms with Crippen molar-refractivity contribution in [1.82, 2.24) is 9.29 Å². The van der Waals surface area contributed by atoms with Gasteiger partial charge >= 0.3 is 5.97 Å². The number of hydrogen-bond donors (Lipinski definition) is 2. The predicted molar refractivity (Wildman–Crippen MR) is 68.7 cm³/mol. The van der Waals surface area contributed by atoms with Crippen LogP contribution >= 0.6 is 0 Å². The molecule has 0 spiro atoms. The molecule has 0 saturated heterocycles. The van der Waals surface area contributed by atoms with Crippen molar-refractivity contribution in [2.75, 3.05) is 26.3 Å². The highest BCUT2D eigenvalue weighted by atomic mass is 32.2. The summed E-state index contributed by atoms with van der Waals surface area (Å²) in [6, 6.07) is 1.11. The van der Waals surface area contributed by atoms with Crippen LogP contribution in [0.5, 0.6) is 0 Å². The lowest BCUT2D eigenvalue weighted by atomic mass is 10.4. The number of nitrogens with zero attached hydrogens (tertiary/aromatic N) is 1. The van der Waals surface area contributed by atoms with E-state index >= 15 is 0 Å². The Morgan fingerprint density at radius 3 is 2.63 bits per heavy atom. The van der Waals surface area contributed by atoms with Crippen molar-refractivity contribution in [1.29, 1.82) is 0 Å². The van der Waals surface area contributed by atoms with E-state index in [2.05, 4.69) is 4.98 Å². The lowest BCUT2D eigenvalue weighted by molar-refractivity contribution is 0.0691. The maximum absolute atomic E-state index is 12.3. The monoisotopic (exact) mass is 290 g/mol. The van der Waals surface area contributed by atoms with Gasteiger partial charge in [-0.05, 0) is 13.0 Å². The number of H-pyrrole nitrogens is 1. The molecule has 0 atom stereocenters. The molecule has 108 valence electrons. The van der Waals surface area contributed by atoms with Crippen molar-refractivity contribution >= 4 is 16.0 Å². The number of sulfonamides is 1. The molecule has 1 heterocycles. The molecule has 7 nitrogen and oxygen atoms in total. The quantitative estimate of drug-likeness (QED) is 0.688. The van der Waals surface area contributed by atoms with Gasteiger partial charge in [0.05, 0.1) is 6.61 Å².